The Balaban J connectivity index is 0.000000963. The number of hydrogen-bond acceptors (Lipinski definition) is 3. The SMILES string of the molecule is Cl.c1cc(CN2CC3CCCC(C2)N3)cs1. The van der Waals surface area contributed by atoms with Gasteiger partial charge in [0.05, 0.1) is 0 Å². The van der Waals surface area contributed by atoms with Crippen LogP contribution in [0.2, 0.25) is 0 Å². The first-order chi connectivity index (χ1) is 7.40. The van der Waals surface area contributed by atoms with Crippen LogP contribution in [0.3, 0.4) is 0 Å². The molecule has 3 rings (SSSR count). The molecule has 2 bridgehead atoms. The molecule has 16 heavy (non-hydrogen) atoms. The third-order valence-electron chi connectivity index (χ3n) is 3.52. The lowest BCUT2D eigenvalue weighted by Crippen LogP contribution is -2.58. The molecular formula is C12H19ClN2S. The fourth-order valence-corrected chi connectivity index (χ4v) is 3.53. The molecule has 1 aromatic heterocycles. The largest absolute Gasteiger partial charge is 0.309 e. The Morgan fingerprint density at radius 2 is 2.06 bits per heavy atom. The van der Waals surface area contributed by atoms with Gasteiger partial charge in [0.15, 0.2) is 0 Å². The molecule has 0 aromatic carbocycles. The fraction of sp³-hybridized carbons (Fsp3) is 0.667. The monoisotopic (exact) mass is 258 g/mol. The number of likely N-dealkylation sites (tertiary alicyclic amines) is 1. The number of nitrogens with zero attached hydrogens (tertiary/aromatic N) is 1. The first kappa shape index (κ1) is 12.4. The summed E-state index contributed by atoms with van der Waals surface area (Å²) in [7, 11) is 0. The van der Waals surface area contributed by atoms with Crippen molar-refractivity contribution in [1.82, 2.24) is 10.2 Å². The molecule has 4 heteroatoms. The zero-order valence-corrected chi connectivity index (χ0v) is 11.0. The van der Waals surface area contributed by atoms with Crippen LogP contribution in [0.1, 0.15) is 24.8 Å². The van der Waals surface area contributed by atoms with Gasteiger partial charge >= 0.3 is 0 Å². The number of halogens is 1. The minimum Gasteiger partial charge on any atom is -0.309 e. The molecule has 0 saturated carbocycles. The van der Waals surface area contributed by atoms with Crippen molar-refractivity contribution < 1.29 is 0 Å². The average Bonchev–Trinajstić information content (AvgIpc) is 2.70. The van der Waals surface area contributed by atoms with E-state index in [1.54, 1.807) is 0 Å². The number of thiophene rings is 1. The van der Waals surface area contributed by atoms with Gasteiger partial charge in [-0.1, -0.05) is 6.42 Å². The molecule has 2 atom stereocenters. The molecule has 2 nitrogen and oxygen atoms in total. The second-order valence-corrected chi connectivity index (χ2v) is 5.60. The van der Waals surface area contributed by atoms with E-state index in [0.717, 1.165) is 18.6 Å². The van der Waals surface area contributed by atoms with Crippen LogP contribution in [0.4, 0.5) is 0 Å². The second kappa shape index (κ2) is 5.50. The molecule has 0 aliphatic carbocycles. The summed E-state index contributed by atoms with van der Waals surface area (Å²) in [5.41, 5.74) is 1.49. The Morgan fingerprint density at radius 1 is 1.31 bits per heavy atom. The van der Waals surface area contributed by atoms with Crippen molar-refractivity contribution in [3.8, 4) is 0 Å². The van der Waals surface area contributed by atoms with Crippen LogP contribution in [0.15, 0.2) is 16.8 Å². The molecule has 2 fully saturated rings. The molecule has 2 aliphatic heterocycles. The van der Waals surface area contributed by atoms with Crippen molar-refractivity contribution in [2.75, 3.05) is 13.1 Å². The fourth-order valence-electron chi connectivity index (χ4n) is 2.87. The van der Waals surface area contributed by atoms with Gasteiger partial charge in [0.25, 0.3) is 0 Å². The molecule has 0 spiro atoms. The maximum absolute atomic E-state index is 3.72. The molecule has 2 saturated heterocycles. The van der Waals surface area contributed by atoms with Gasteiger partial charge in [0.1, 0.15) is 0 Å². The third kappa shape index (κ3) is 2.77. The highest BCUT2D eigenvalue weighted by Gasteiger charge is 2.29. The summed E-state index contributed by atoms with van der Waals surface area (Å²) >= 11 is 1.81. The minimum absolute atomic E-state index is 0. The van der Waals surface area contributed by atoms with Crippen molar-refractivity contribution >= 4 is 23.7 Å². The first-order valence-electron chi connectivity index (χ1n) is 5.89. The first-order valence-corrected chi connectivity index (χ1v) is 6.84. The lowest BCUT2D eigenvalue weighted by atomic mass is 9.94. The van der Waals surface area contributed by atoms with Gasteiger partial charge in [-0.15, -0.1) is 12.4 Å². The number of fused-ring (bicyclic) bond motifs is 2. The maximum atomic E-state index is 3.72. The third-order valence-corrected chi connectivity index (χ3v) is 4.25. The highest BCUT2D eigenvalue weighted by Crippen LogP contribution is 2.21. The van der Waals surface area contributed by atoms with Crippen molar-refractivity contribution in [3.63, 3.8) is 0 Å². The number of nitrogens with one attached hydrogen (secondary N) is 1. The van der Waals surface area contributed by atoms with Gasteiger partial charge in [-0.05, 0) is 35.2 Å². The minimum atomic E-state index is 0. The Bertz CT molecular complexity index is 303. The van der Waals surface area contributed by atoms with E-state index < -0.39 is 0 Å². The molecule has 2 unspecified atom stereocenters. The van der Waals surface area contributed by atoms with Crippen LogP contribution >= 0.6 is 23.7 Å². The van der Waals surface area contributed by atoms with Crippen molar-refractivity contribution in [2.24, 2.45) is 0 Å². The van der Waals surface area contributed by atoms with Gasteiger partial charge in [0.2, 0.25) is 0 Å². The van der Waals surface area contributed by atoms with Crippen molar-refractivity contribution in [1.29, 1.82) is 0 Å². The quantitative estimate of drug-likeness (QED) is 0.877. The van der Waals surface area contributed by atoms with E-state index in [9.17, 15) is 0 Å². The highest BCUT2D eigenvalue weighted by atomic mass is 35.5. The van der Waals surface area contributed by atoms with Gasteiger partial charge < -0.3 is 5.32 Å². The van der Waals surface area contributed by atoms with Crippen molar-refractivity contribution in [2.45, 2.75) is 37.9 Å². The molecular weight excluding hydrogens is 240 g/mol. The zero-order valence-electron chi connectivity index (χ0n) is 9.39. The van der Waals surface area contributed by atoms with Crippen LogP contribution in [0, 0.1) is 0 Å². The smallest absolute Gasteiger partial charge is 0.0243 e. The summed E-state index contributed by atoms with van der Waals surface area (Å²) in [4.78, 5) is 2.62. The summed E-state index contributed by atoms with van der Waals surface area (Å²) in [5, 5.41) is 8.18. The Labute approximate surface area is 107 Å². The number of hydrogen-bond donors (Lipinski definition) is 1. The van der Waals surface area contributed by atoms with Gasteiger partial charge in [-0.2, -0.15) is 11.3 Å². The van der Waals surface area contributed by atoms with Crippen LogP contribution in [0.5, 0.6) is 0 Å². The van der Waals surface area contributed by atoms with E-state index >= 15 is 0 Å². The normalized spacial score (nSPS) is 29.8. The molecule has 0 radical (unpaired) electrons. The Morgan fingerprint density at radius 3 is 2.69 bits per heavy atom. The second-order valence-electron chi connectivity index (χ2n) is 4.82. The van der Waals surface area contributed by atoms with Crippen molar-refractivity contribution in [3.05, 3.63) is 22.4 Å². The molecule has 0 amide bonds. The molecule has 1 N–H and O–H groups in total. The molecule has 3 heterocycles. The van der Waals surface area contributed by atoms with Gasteiger partial charge in [0, 0.05) is 31.7 Å². The zero-order chi connectivity index (χ0) is 10.1. The summed E-state index contributed by atoms with van der Waals surface area (Å²) < 4.78 is 0. The predicted octanol–water partition coefficient (Wildman–Crippen LogP) is 2.50. The van der Waals surface area contributed by atoms with Crippen LogP contribution in [0.25, 0.3) is 0 Å². The summed E-state index contributed by atoms with van der Waals surface area (Å²) in [6, 6.07) is 3.77. The van der Waals surface area contributed by atoms with Crippen LogP contribution in [-0.4, -0.2) is 30.1 Å². The van der Waals surface area contributed by atoms with Crippen LogP contribution in [-0.2, 0) is 6.54 Å². The number of piperidine rings is 1. The molecule has 90 valence electrons. The predicted molar refractivity (Wildman–Crippen MR) is 71.4 cm³/mol. The summed E-state index contributed by atoms with van der Waals surface area (Å²) in [5.74, 6) is 0. The number of rotatable bonds is 2. The van der Waals surface area contributed by atoms with Crippen LogP contribution < -0.4 is 5.32 Å². The van der Waals surface area contributed by atoms with Gasteiger partial charge in [-0.3, -0.25) is 4.90 Å². The number of piperazine rings is 1. The maximum Gasteiger partial charge on any atom is 0.0243 e. The van der Waals surface area contributed by atoms with E-state index in [0.29, 0.717) is 0 Å². The summed E-state index contributed by atoms with van der Waals surface area (Å²) in [6.07, 6.45) is 4.17. The Hall–Kier alpha value is -0.0900. The Kier molecular flexibility index (Phi) is 4.25. The van der Waals surface area contributed by atoms with E-state index in [4.69, 9.17) is 0 Å². The lowest BCUT2D eigenvalue weighted by molar-refractivity contribution is 0.119. The molecule has 2 aliphatic rings. The topological polar surface area (TPSA) is 15.3 Å². The van der Waals surface area contributed by atoms with E-state index in [-0.39, 0.29) is 12.4 Å². The lowest BCUT2D eigenvalue weighted by Gasteiger charge is -2.42. The van der Waals surface area contributed by atoms with E-state index in [1.165, 1.54) is 37.9 Å². The van der Waals surface area contributed by atoms with Gasteiger partial charge in [-0.25, -0.2) is 0 Å². The standard InChI is InChI=1S/C12H18N2S.ClH/c1-2-11-7-14(8-12(3-1)13-11)6-10-4-5-15-9-10;/h4-5,9,11-13H,1-3,6-8H2;1H. The van der Waals surface area contributed by atoms with E-state index in [1.807, 2.05) is 11.3 Å². The summed E-state index contributed by atoms with van der Waals surface area (Å²) in [6.45, 7) is 3.64. The molecule has 1 aromatic rings. The highest BCUT2D eigenvalue weighted by molar-refractivity contribution is 7.07. The average molecular weight is 259 g/mol. The van der Waals surface area contributed by atoms with E-state index in [2.05, 4.69) is 27.0 Å².